The summed E-state index contributed by atoms with van der Waals surface area (Å²) in [7, 11) is 0. The molecule has 0 fully saturated rings. The SMILES string of the molecule is CCCn1c2cc(C=C(C#N)C#N)sc2c2sc3c(sc4c5sc(C=C(C#N)C#N)cc5n(CCC)c43)c21. The van der Waals surface area contributed by atoms with E-state index in [1.54, 1.807) is 34.8 Å². The van der Waals surface area contributed by atoms with Crippen molar-refractivity contribution in [3.63, 3.8) is 0 Å². The number of thiophene rings is 4. The van der Waals surface area contributed by atoms with Crippen molar-refractivity contribution in [1.82, 2.24) is 9.13 Å². The van der Waals surface area contributed by atoms with Crippen LogP contribution in [0.25, 0.3) is 62.4 Å². The highest BCUT2D eigenvalue weighted by molar-refractivity contribution is 7.40. The molecule has 0 aliphatic heterocycles. The van der Waals surface area contributed by atoms with Gasteiger partial charge in [-0.25, -0.2) is 0 Å². The first-order chi connectivity index (χ1) is 18.6. The number of allylic oxidation sites excluding steroid dienone is 2. The van der Waals surface area contributed by atoms with E-state index in [4.69, 9.17) is 0 Å². The van der Waals surface area contributed by atoms with Crippen molar-refractivity contribution < 1.29 is 0 Å². The molecule has 0 bridgehead atoms. The third kappa shape index (κ3) is 3.51. The lowest BCUT2D eigenvalue weighted by atomic mass is 10.3. The predicted octanol–water partition coefficient (Wildman–Crippen LogP) is 8.98. The molecular weight excluding hydrogens is 549 g/mol. The van der Waals surface area contributed by atoms with Crippen LogP contribution in [-0.4, -0.2) is 9.13 Å². The van der Waals surface area contributed by atoms with E-state index in [9.17, 15) is 21.0 Å². The summed E-state index contributed by atoms with van der Waals surface area (Å²) in [6, 6.07) is 12.1. The van der Waals surface area contributed by atoms with E-state index in [0.717, 1.165) is 46.7 Å². The van der Waals surface area contributed by atoms with Crippen molar-refractivity contribution >= 4 is 108 Å². The van der Waals surface area contributed by atoms with Crippen LogP contribution in [0.1, 0.15) is 36.4 Å². The predicted molar refractivity (Wildman–Crippen MR) is 160 cm³/mol. The molecule has 6 nitrogen and oxygen atoms in total. The topological polar surface area (TPSA) is 105 Å². The summed E-state index contributed by atoms with van der Waals surface area (Å²) < 4.78 is 12.3. The van der Waals surface area contributed by atoms with Gasteiger partial charge < -0.3 is 9.13 Å². The van der Waals surface area contributed by atoms with E-state index < -0.39 is 0 Å². The first kappa shape index (κ1) is 24.4. The average molecular weight is 567 g/mol. The Morgan fingerprint density at radius 1 is 0.632 bits per heavy atom. The normalized spacial score (nSPS) is 11.2. The van der Waals surface area contributed by atoms with Crippen LogP contribution < -0.4 is 0 Å². The smallest absolute Gasteiger partial charge is 0.131 e. The third-order valence-corrected chi connectivity index (χ3v) is 11.4. The molecular formula is C28H18N6S4. The molecule has 0 N–H and O–H groups in total. The van der Waals surface area contributed by atoms with Gasteiger partial charge in [0.25, 0.3) is 0 Å². The molecule has 0 saturated carbocycles. The Hall–Kier alpha value is -3.90. The minimum atomic E-state index is 0.115. The van der Waals surface area contributed by atoms with Gasteiger partial charge in [-0.15, -0.1) is 45.3 Å². The number of nitriles is 4. The van der Waals surface area contributed by atoms with Crippen LogP contribution in [0, 0.1) is 45.3 Å². The summed E-state index contributed by atoms with van der Waals surface area (Å²) >= 11 is 6.95. The van der Waals surface area contributed by atoms with E-state index in [-0.39, 0.29) is 11.1 Å². The van der Waals surface area contributed by atoms with Crippen molar-refractivity contribution in [3.05, 3.63) is 33.0 Å². The fourth-order valence-electron chi connectivity index (χ4n) is 4.99. The van der Waals surface area contributed by atoms with Crippen LogP contribution in [0.15, 0.2) is 23.3 Å². The third-order valence-electron chi connectivity index (χ3n) is 6.42. The fraction of sp³-hybridized carbons (Fsp3) is 0.214. The minimum absolute atomic E-state index is 0.115. The van der Waals surface area contributed by atoms with E-state index in [0.29, 0.717) is 0 Å². The summed E-state index contributed by atoms with van der Waals surface area (Å²) in [5.74, 6) is 0. The Kier molecular flexibility index (Phi) is 6.07. The number of hydrogen-bond acceptors (Lipinski definition) is 8. The molecule has 0 spiro atoms. The van der Waals surface area contributed by atoms with E-state index >= 15 is 0 Å². The first-order valence-corrected chi connectivity index (χ1v) is 15.3. The van der Waals surface area contributed by atoms with Crippen LogP contribution in [0.3, 0.4) is 0 Å². The molecule has 0 aliphatic carbocycles. The average Bonchev–Trinajstić information content (AvgIpc) is 3.73. The standard InChI is InChI=1S/C28H18N6S4/c1-3-5-33-19-9-17(7-15(11-29)12-30)35-23(19)25-21(33)27-28(37-25)22-26(38-27)24-20(34(22)6-4-2)10-18(36-24)8-16(13-31)14-32/h7-10H,3-6H2,1-2H3. The van der Waals surface area contributed by atoms with Crippen molar-refractivity contribution in [3.8, 4) is 24.3 Å². The number of hydrogen-bond donors (Lipinski definition) is 0. The summed E-state index contributed by atoms with van der Waals surface area (Å²) in [6.07, 6.45) is 5.35. The molecule has 6 heterocycles. The van der Waals surface area contributed by atoms with Gasteiger partial charge in [0.2, 0.25) is 0 Å². The number of nitrogens with zero attached hydrogens (tertiary/aromatic N) is 6. The molecule has 0 atom stereocenters. The van der Waals surface area contributed by atoms with Crippen molar-refractivity contribution in [1.29, 1.82) is 21.0 Å². The number of fused-ring (bicyclic) bond motifs is 9. The molecule has 10 heteroatoms. The van der Waals surface area contributed by atoms with Crippen LogP contribution in [-0.2, 0) is 13.1 Å². The first-order valence-electron chi connectivity index (χ1n) is 12.0. The summed E-state index contributed by atoms with van der Waals surface area (Å²) in [6.45, 7) is 6.14. The van der Waals surface area contributed by atoms with E-state index in [1.807, 2.05) is 47.0 Å². The maximum atomic E-state index is 9.22. The second-order valence-electron chi connectivity index (χ2n) is 8.81. The Morgan fingerprint density at radius 3 is 1.34 bits per heavy atom. The van der Waals surface area contributed by atoms with Gasteiger partial charge in [-0.05, 0) is 37.1 Å². The van der Waals surface area contributed by atoms with Crippen molar-refractivity contribution in [2.24, 2.45) is 0 Å². The molecule has 0 amide bonds. The molecule has 38 heavy (non-hydrogen) atoms. The Labute approximate surface area is 234 Å². The lowest BCUT2D eigenvalue weighted by Gasteiger charge is -2.03. The highest BCUT2D eigenvalue weighted by Gasteiger charge is 2.25. The molecule has 6 aromatic heterocycles. The van der Waals surface area contributed by atoms with Gasteiger partial charge in [-0.2, -0.15) is 21.0 Å². The zero-order valence-electron chi connectivity index (χ0n) is 20.5. The lowest BCUT2D eigenvalue weighted by Crippen LogP contribution is -1.95. The second kappa shape index (κ2) is 9.44. The van der Waals surface area contributed by atoms with Crippen LogP contribution in [0.2, 0.25) is 0 Å². The van der Waals surface area contributed by atoms with Crippen LogP contribution >= 0.6 is 45.3 Å². The van der Waals surface area contributed by atoms with Gasteiger partial charge in [-0.3, -0.25) is 0 Å². The lowest BCUT2D eigenvalue weighted by molar-refractivity contribution is 0.725. The highest BCUT2D eigenvalue weighted by atomic mass is 32.1. The molecule has 0 unspecified atom stereocenters. The fourth-order valence-corrected chi connectivity index (χ4v) is 10.4. The number of aryl methyl sites for hydroxylation is 2. The highest BCUT2D eigenvalue weighted by Crippen LogP contribution is 2.52. The number of aromatic nitrogens is 2. The van der Waals surface area contributed by atoms with Crippen molar-refractivity contribution in [2.75, 3.05) is 0 Å². The molecule has 0 radical (unpaired) electrons. The van der Waals surface area contributed by atoms with Gasteiger partial charge in [0.05, 0.1) is 50.3 Å². The Morgan fingerprint density at radius 2 is 1.00 bits per heavy atom. The summed E-state index contributed by atoms with van der Waals surface area (Å²) in [5.41, 5.74) is 5.09. The van der Waals surface area contributed by atoms with Crippen LogP contribution in [0.5, 0.6) is 0 Å². The number of rotatable bonds is 6. The molecule has 184 valence electrons. The van der Waals surface area contributed by atoms with E-state index in [1.165, 1.54) is 39.2 Å². The zero-order chi connectivity index (χ0) is 26.6. The Balaban J connectivity index is 1.66. The van der Waals surface area contributed by atoms with Crippen molar-refractivity contribution in [2.45, 2.75) is 39.8 Å². The molecule has 6 aromatic rings. The maximum Gasteiger partial charge on any atom is 0.131 e. The largest absolute Gasteiger partial charge is 0.338 e. The minimum Gasteiger partial charge on any atom is -0.338 e. The quantitative estimate of drug-likeness (QED) is 0.188. The van der Waals surface area contributed by atoms with Gasteiger partial charge in [0.15, 0.2) is 0 Å². The molecule has 0 aliphatic rings. The molecule has 0 aromatic carbocycles. The van der Waals surface area contributed by atoms with Crippen LogP contribution in [0.4, 0.5) is 0 Å². The van der Waals surface area contributed by atoms with E-state index in [2.05, 4.69) is 35.1 Å². The van der Waals surface area contributed by atoms with Gasteiger partial charge >= 0.3 is 0 Å². The molecule has 6 rings (SSSR count). The Bertz CT molecular complexity index is 1970. The molecule has 0 saturated heterocycles. The van der Waals surface area contributed by atoms with Gasteiger partial charge in [0.1, 0.15) is 35.4 Å². The second-order valence-corrected chi connectivity index (χ2v) is 13.0. The summed E-state index contributed by atoms with van der Waals surface area (Å²) in [5, 5.41) is 36.9. The monoisotopic (exact) mass is 566 g/mol. The van der Waals surface area contributed by atoms with Gasteiger partial charge in [-0.1, -0.05) is 13.8 Å². The zero-order valence-corrected chi connectivity index (χ0v) is 23.7. The summed E-state index contributed by atoms with van der Waals surface area (Å²) in [4.78, 5) is 1.85. The maximum absolute atomic E-state index is 9.22. The van der Waals surface area contributed by atoms with Gasteiger partial charge in [0, 0.05) is 22.8 Å².